The Kier molecular flexibility index (Phi) is 4.15. The van der Waals surface area contributed by atoms with Gasteiger partial charge in [0.15, 0.2) is 0 Å². The summed E-state index contributed by atoms with van der Waals surface area (Å²) in [4.78, 5) is 40.3. The van der Waals surface area contributed by atoms with E-state index in [-0.39, 0.29) is 43.5 Å². The first-order chi connectivity index (χ1) is 10.6. The van der Waals surface area contributed by atoms with Crippen molar-refractivity contribution in [3.05, 3.63) is 29.3 Å². The fourth-order valence-corrected chi connectivity index (χ4v) is 3.25. The number of aromatic nitrogens is 1. The van der Waals surface area contributed by atoms with Crippen molar-refractivity contribution in [2.24, 2.45) is 0 Å². The lowest BCUT2D eigenvalue weighted by Crippen LogP contribution is -2.34. The molecule has 0 spiro atoms. The number of hydrogen-bond donors (Lipinski definition) is 1. The molecule has 2 aromatic rings. The van der Waals surface area contributed by atoms with Crippen LogP contribution in [0.5, 0.6) is 0 Å². The van der Waals surface area contributed by atoms with Crippen LogP contribution in [-0.4, -0.2) is 34.2 Å². The van der Waals surface area contributed by atoms with Gasteiger partial charge in [0, 0.05) is 25.8 Å². The van der Waals surface area contributed by atoms with Gasteiger partial charge in [0.05, 0.1) is 16.8 Å². The normalized spacial score (nSPS) is 14.8. The van der Waals surface area contributed by atoms with Crippen molar-refractivity contribution in [3.63, 3.8) is 0 Å². The second kappa shape index (κ2) is 6.23. The fraction of sp³-hybridized carbons (Fsp3) is 0.333. The summed E-state index contributed by atoms with van der Waals surface area (Å²) in [5.41, 5.74) is 0.921. The molecule has 1 N–H and O–H groups in total. The van der Waals surface area contributed by atoms with Gasteiger partial charge in [0.2, 0.25) is 17.7 Å². The molecule has 0 radical (unpaired) electrons. The second-order valence-electron chi connectivity index (χ2n) is 5.04. The van der Waals surface area contributed by atoms with E-state index < -0.39 is 0 Å². The Morgan fingerprint density at radius 3 is 2.68 bits per heavy atom. The van der Waals surface area contributed by atoms with Gasteiger partial charge < -0.3 is 5.32 Å². The van der Waals surface area contributed by atoms with Crippen LogP contribution < -0.4 is 5.32 Å². The van der Waals surface area contributed by atoms with E-state index in [1.54, 1.807) is 0 Å². The molecule has 22 heavy (non-hydrogen) atoms. The molecule has 3 amide bonds. The number of fused-ring (bicyclic) bond motifs is 1. The summed E-state index contributed by atoms with van der Waals surface area (Å²) in [7, 11) is 0. The van der Waals surface area contributed by atoms with Crippen LogP contribution in [-0.2, 0) is 20.9 Å². The zero-order chi connectivity index (χ0) is 15.5. The van der Waals surface area contributed by atoms with Crippen LogP contribution in [0.4, 0.5) is 0 Å². The van der Waals surface area contributed by atoms with E-state index in [9.17, 15) is 14.4 Å². The number of para-hydroxylation sites is 1. The predicted molar refractivity (Wildman–Crippen MR) is 82.0 cm³/mol. The lowest BCUT2D eigenvalue weighted by molar-refractivity contribution is -0.138. The van der Waals surface area contributed by atoms with Gasteiger partial charge in [-0.2, -0.15) is 0 Å². The van der Waals surface area contributed by atoms with Crippen molar-refractivity contribution in [1.29, 1.82) is 0 Å². The van der Waals surface area contributed by atoms with Gasteiger partial charge in [-0.15, -0.1) is 11.3 Å². The summed E-state index contributed by atoms with van der Waals surface area (Å²) < 4.78 is 1.08. The number of hydrogen-bond acceptors (Lipinski definition) is 5. The third kappa shape index (κ3) is 3.14. The van der Waals surface area contributed by atoms with Crippen molar-refractivity contribution >= 4 is 39.3 Å². The van der Waals surface area contributed by atoms with Crippen LogP contribution in [0.15, 0.2) is 24.3 Å². The largest absolute Gasteiger partial charge is 0.350 e. The molecule has 0 unspecified atom stereocenters. The molecule has 1 aromatic heterocycles. The van der Waals surface area contributed by atoms with Crippen LogP contribution in [0, 0.1) is 0 Å². The van der Waals surface area contributed by atoms with Crippen LogP contribution in [0.25, 0.3) is 10.2 Å². The molecule has 0 bridgehead atoms. The van der Waals surface area contributed by atoms with E-state index >= 15 is 0 Å². The van der Waals surface area contributed by atoms with Crippen molar-refractivity contribution in [3.8, 4) is 0 Å². The summed E-state index contributed by atoms with van der Waals surface area (Å²) in [5, 5.41) is 3.61. The van der Waals surface area contributed by atoms with Gasteiger partial charge in [-0.3, -0.25) is 19.3 Å². The lowest BCUT2D eigenvalue weighted by atomic mass is 10.3. The highest BCUT2D eigenvalue weighted by Gasteiger charge is 2.28. The molecule has 6 nitrogen and oxygen atoms in total. The quantitative estimate of drug-likeness (QED) is 0.847. The average Bonchev–Trinajstić information content (AvgIpc) is 3.07. The van der Waals surface area contributed by atoms with Gasteiger partial charge in [-0.05, 0) is 12.1 Å². The van der Waals surface area contributed by atoms with E-state index in [2.05, 4.69) is 10.3 Å². The van der Waals surface area contributed by atoms with Gasteiger partial charge in [0.1, 0.15) is 5.01 Å². The predicted octanol–water partition coefficient (Wildman–Crippen LogP) is 1.45. The first kappa shape index (κ1) is 14.6. The molecular formula is C15H15N3O3S. The Balaban J connectivity index is 1.50. The van der Waals surface area contributed by atoms with Gasteiger partial charge >= 0.3 is 0 Å². The third-order valence-corrected chi connectivity index (χ3v) is 4.53. The van der Waals surface area contributed by atoms with Crippen LogP contribution in [0.2, 0.25) is 0 Å². The maximum atomic E-state index is 11.8. The summed E-state index contributed by atoms with van der Waals surface area (Å²) in [5.74, 6) is -0.570. The zero-order valence-corrected chi connectivity index (χ0v) is 12.7. The molecular weight excluding hydrogens is 302 g/mol. The molecule has 1 aliphatic rings. The zero-order valence-electron chi connectivity index (χ0n) is 11.9. The molecule has 7 heteroatoms. The number of imide groups is 1. The van der Waals surface area contributed by atoms with E-state index in [0.29, 0.717) is 6.54 Å². The van der Waals surface area contributed by atoms with Gasteiger partial charge in [-0.25, -0.2) is 4.98 Å². The summed E-state index contributed by atoms with van der Waals surface area (Å²) >= 11 is 1.54. The summed E-state index contributed by atoms with van der Waals surface area (Å²) in [6, 6.07) is 7.80. The first-order valence-corrected chi connectivity index (χ1v) is 7.89. The maximum Gasteiger partial charge on any atom is 0.229 e. The van der Waals surface area contributed by atoms with Crippen molar-refractivity contribution in [1.82, 2.24) is 15.2 Å². The molecule has 0 saturated carbocycles. The number of likely N-dealkylation sites (tertiary alicyclic amines) is 1. The van der Waals surface area contributed by atoms with Crippen LogP contribution in [0.3, 0.4) is 0 Å². The highest BCUT2D eigenvalue weighted by Crippen LogP contribution is 2.21. The molecule has 1 saturated heterocycles. The average molecular weight is 317 g/mol. The minimum absolute atomic E-state index is 0.127. The smallest absolute Gasteiger partial charge is 0.229 e. The Morgan fingerprint density at radius 2 is 1.95 bits per heavy atom. The number of benzene rings is 1. The van der Waals surface area contributed by atoms with Gasteiger partial charge in [-0.1, -0.05) is 12.1 Å². The number of nitrogens with one attached hydrogen (secondary N) is 1. The molecule has 2 heterocycles. The van der Waals surface area contributed by atoms with Crippen molar-refractivity contribution in [2.75, 3.05) is 6.54 Å². The van der Waals surface area contributed by atoms with E-state index in [0.717, 1.165) is 20.1 Å². The van der Waals surface area contributed by atoms with Crippen LogP contribution in [0.1, 0.15) is 24.3 Å². The number of carbonyl (C=O) groups is 3. The molecule has 3 rings (SSSR count). The Morgan fingerprint density at radius 1 is 1.23 bits per heavy atom. The molecule has 1 aliphatic heterocycles. The first-order valence-electron chi connectivity index (χ1n) is 7.08. The molecule has 0 aliphatic carbocycles. The standard InChI is InChI=1S/C15H15N3O3S/c19-12(7-8-18-14(20)5-6-15(18)21)16-9-13-17-10-3-1-2-4-11(10)22-13/h1-4H,5-9H2,(H,16,19). The summed E-state index contributed by atoms with van der Waals surface area (Å²) in [6.07, 6.45) is 0.640. The Bertz CT molecular complexity index is 691. The van der Waals surface area contributed by atoms with E-state index in [1.165, 1.54) is 11.3 Å². The molecule has 0 atom stereocenters. The number of thiazole rings is 1. The highest BCUT2D eigenvalue weighted by molar-refractivity contribution is 7.18. The Hall–Kier alpha value is -2.28. The minimum atomic E-state index is -0.191. The Labute approximate surface area is 131 Å². The second-order valence-corrected chi connectivity index (χ2v) is 6.16. The topological polar surface area (TPSA) is 79.4 Å². The highest BCUT2D eigenvalue weighted by atomic mass is 32.1. The molecule has 114 valence electrons. The number of nitrogens with zero attached hydrogens (tertiary/aromatic N) is 2. The maximum absolute atomic E-state index is 11.8. The number of rotatable bonds is 5. The summed E-state index contributed by atoms with van der Waals surface area (Å²) in [6.45, 7) is 0.517. The monoisotopic (exact) mass is 317 g/mol. The van der Waals surface area contributed by atoms with Crippen molar-refractivity contribution in [2.45, 2.75) is 25.8 Å². The third-order valence-electron chi connectivity index (χ3n) is 3.49. The van der Waals surface area contributed by atoms with Crippen molar-refractivity contribution < 1.29 is 14.4 Å². The minimum Gasteiger partial charge on any atom is -0.350 e. The van der Waals surface area contributed by atoms with Gasteiger partial charge in [0.25, 0.3) is 0 Å². The number of carbonyl (C=O) groups excluding carboxylic acids is 3. The molecule has 1 aromatic carbocycles. The fourth-order valence-electron chi connectivity index (χ4n) is 2.34. The van der Waals surface area contributed by atoms with Crippen LogP contribution >= 0.6 is 11.3 Å². The lowest BCUT2D eigenvalue weighted by Gasteiger charge is -2.12. The number of amides is 3. The van der Waals surface area contributed by atoms with E-state index in [1.807, 2.05) is 24.3 Å². The SMILES string of the molecule is O=C(CCN1C(=O)CCC1=O)NCc1nc2ccccc2s1. The molecule has 1 fully saturated rings. The van der Waals surface area contributed by atoms with E-state index in [4.69, 9.17) is 0 Å².